The van der Waals surface area contributed by atoms with Gasteiger partial charge in [-0.15, -0.1) is 0 Å². The molecule has 16 heavy (non-hydrogen) atoms. The summed E-state index contributed by atoms with van der Waals surface area (Å²) in [5.41, 5.74) is 1.08. The number of pyridine rings is 1. The SMILES string of the molecule is CSCCNSc1cccc2cccnc12. The smallest absolute Gasteiger partial charge is 0.0850 e. The minimum absolute atomic E-state index is 1.01. The molecule has 0 aliphatic carbocycles. The van der Waals surface area contributed by atoms with Crippen molar-refractivity contribution in [2.45, 2.75) is 4.90 Å². The van der Waals surface area contributed by atoms with Crippen molar-refractivity contribution in [1.29, 1.82) is 0 Å². The summed E-state index contributed by atoms with van der Waals surface area (Å²) in [5, 5.41) is 1.19. The van der Waals surface area contributed by atoms with Gasteiger partial charge in [-0.25, -0.2) is 0 Å². The van der Waals surface area contributed by atoms with Crippen LogP contribution in [0.15, 0.2) is 41.4 Å². The first-order valence-corrected chi connectivity index (χ1v) is 7.35. The Bertz CT molecular complexity index is 454. The molecule has 0 saturated heterocycles. The molecule has 2 nitrogen and oxygen atoms in total. The van der Waals surface area contributed by atoms with Crippen LogP contribution in [0.4, 0.5) is 0 Å². The minimum Gasteiger partial charge on any atom is -0.259 e. The van der Waals surface area contributed by atoms with Crippen LogP contribution in [-0.2, 0) is 0 Å². The molecule has 0 saturated carbocycles. The lowest BCUT2D eigenvalue weighted by atomic mass is 10.2. The molecule has 1 N–H and O–H groups in total. The lowest BCUT2D eigenvalue weighted by molar-refractivity contribution is 1.05. The van der Waals surface area contributed by atoms with Gasteiger partial charge in [-0.2, -0.15) is 11.8 Å². The van der Waals surface area contributed by atoms with Gasteiger partial charge in [0.25, 0.3) is 0 Å². The standard InChI is InChI=1S/C12H14N2S2/c1-15-9-8-14-16-11-6-2-4-10-5-3-7-13-12(10)11/h2-7,14H,8-9H2,1H3. The lowest BCUT2D eigenvalue weighted by Crippen LogP contribution is -2.07. The molecule has 2 aromatic rings. The van der Waals surface area contributed by atoms with Crippen molar-refractivity contribution in [3.8, 4) is 0 Å². The van der Waals surface area contributed by atoms with Crippen LogP contribution in [0.3, 0.4) is 0 Å². The molecule has 0 amide bonds. The van der Waals surface area contributed by atoms with E-state index in [1.165, 1.54) is 10.3 Å². The van der Waals surface area contributed by atoms with Crippen LogP contribution >= 0.6 is 23.7 Å². The molecular formula is C12H14N2S2. The molecule has 1 aromatic carbocycles. The summed E-state index contributed by atoms with van der Waals surface area (Å²) in [4.78, 5) is 5.61. The fraction of sp³-hybridized carbons (Fsp3) is 0.250. The molecule has 2 rings (SSSR count). The summed E-state index contributed by atoms with van der Waals surface area (Å²) in [6.45, 7) is 1.01. The Morgan fingerprint density at radius 3 is 3.00 bits per heavy atom. The summed E-state index contributed by atoms with van der Waals surface area (Å²) in [6, 6.07) is 10.3. The van der Waals surface area contributed by atoms with Crippen LogP contribution in [0.1, 0.15) is 0 Å². The van der Waals surface area contributed by atoms with Gasteiger partial charge in [0.1, 0.15) is 0 Å². The van der Waals surface area contributed by atoms with Gasteiger partial charge in [0.05, 0.1) is 5.52 Å². The maximum absolute atomic E-state index is 4.41. The second-order valence-corrected chi connectivity index (χ2v) is 5.24. The number of fused-ring (bicyclic) bond motifs is 1. The van der Waals surface area contributed by atoms with Crippen molar-refractivity contribution in [2.75, 3.05) is 18.6 Å². The van der Waals surface area contributed by atoms with Gasteiger partial charge >= 0.3 is 0 Å². The van der Waals surface area contributed by atoms with E-state index >= 15 is 0 Å². The van der Waals surface area contributed by atoms with Crippen molar-refractivity contribution in [2.24, 2.45) is 0 Å². The van der Waals surface area contributed by atoms with Crippen molar-refractivity contribution in [3.63, 3.8) is 0 Å². The average Bonchev–Trinajstić information content (AvgIpc) is 2.35. The summed E-state index contributed by atoms with van der Waals surface area (Å²) in [7, 11) is 0. The van der Waals surface area contributed by atoms with E-state index in [-0.39, 0.29) is 0 Å². The zero-order valence-electron chi connectivity index (χ0n) is 9.14. The highest BCUT2D eigenvalue weighted by Gasteiger charge is 2.01. The fourth-order valence-corrected chi connectivity index (χ4v) is 2.64. The summed E-state index contributed by atoms with van der Waals surface area (Å²) >= 11 is 3.51. The number of nitrogens with one attached hydrogen (secondary N) is 1. The molecule has 0 spiro atoms. The van der Waals surface area contributed by atoms with E-state index in [1.807, 2.05) is 24.0 Å². The molecule has 4 heteroatoms. The zero-order chi connectivity index (χ0) is 11.2. The first-order valence-electron chi connectivity index (χ1n) is 5.14. The fourth-order valence-electron chi connectivity index (χ4n) is 1.43. The maximum atomic E-state index is 4.41. The highest BCUT2D eigenvalue weighted by atomic mass is 32.2. The van der Waals surface area contributed by atoms with Crippen LogP contribution in [0.5, 0.6) is 0 Å². The van der Waals surface area contributed by atoms with E-state index in [4.69, 9.17) is 0 Å². The molecule has 1 heterocycles. The number of thioether (sulfide) groups is 1. The van der Waals surface area contributed by atoms with Crippen molar-refractivity contribution in [3.05, 3.63) is 36.5 Å². The van der Waals surface area contributed by atoms with Crippen LogP contribution < -0.4 is 4.72 Å². The number of para-hydroxylation sites is 1. The maximum Gasteiger partial charge on any atom is 0.0850 e. The summed E-state index contributed by atoms with van der Waals surface area (Å²) in [6.07, 6.45) is 3.96. The first kappa shape index (κ1) is 11.8. The Kier molecular flexibility index (Phi) is 4.51. The van der Waals surface area contributed by atoms with Gasteiger partial charge in [-0.3, -0.25) is 9.71 Å². The highest BCUT2D eigenvalue weighted by molar-refractivity contribution is 7.99. The molecule has 1 aromatic heterocycles. The minimum atomic E-state index is 1.01. The number of nitrogens with zero attached hydrogens (tertiary/aromatic N) is 1. The van der Waals surface area contributed by atoms with E-state index in [0.29, 0.717) is 0 Å². The molecule has 0 unspecified atom stereocenters. The molecule has 84 valence electrons. The van der Waals surface area contributed by atoms with E-state index in [1.54, 1.807) is 11.9 Å². The Morgan fingerprint density at radius 1 is 1.25 bits per heavy atom. The van der Waals surface area contributed by atoms with E-state index in [2.05, 4.69) is 40.2 Å². The number of hydrogen-bond acceptors (Lipinski definition) is 4. The first-order chi connectivity index (χ1) is 7.92. The van der Waals surface area contributed by atoms with Gasteiger partial charge in [0.2, 0.25) is 0 Å². The number of rotatable bonds is 5. The van der Waals surface area contributed by atoms with Crippen molar-refractivity contribution >= 4 is 34.6 Å². The average molecular weight is 250 g/mol. The monoisotopic (exact) mass is 250 g/mol. The number of benzene rings is 1. The normalized spacial score (nSPS) is 10.8. The van der Waals surface area contributed by atoms with Gasteiger partial charge in [-0.1, -0.05) is 18.2 Å². The second kappa shape index (κ2) is 6.13. The molecule has 0 aliphatic rings. The van der Waals surface area contributed by atoms with E-state index in [0.717, 1.165) is 17.8 Å². The summed E-state index contributed by atoms with van der Waals surface area (Å²) in [5.74, 6) is 1.13. The Labute approximate surface area is 104 Å². The molecule has 0 fully saturated rings. The van der Waals surface area contributed by atoms with Gasteiger partial charge in [-0.05, 0) is 30.3 Å². The van der Waals surface area contributed by atoms with E-state index in [9.17, 15) is 0 Å². The molecule has 0 atom stereocenters. The largest absolute Gasteiger partial charge is 0.259 e. The highest BCUT2D eigenvalue weighted by Crippen LogP contribution is 2.23. The third-order valence-corrected chi connectivity index (χ3v) is 3.70. The van der Waals surface area contributed by atoms with Gasteiger partial charge in [0, 0.05) is 28.8 Å². The Hall–Kier alpha value is -0.710. The van der Waals surface area contributed by atoms with Crippen molar-refractivity contribution in [1.82, 2.24) is 9.71 Å². The third kappa shape index (κ3) is 2.90. The topological polar surface area (TPSA) is 24.9 Å². The van der Waals surface area contributed by atoms with Gasteiger partial charge < -0.3 is 0 Å². The van der Waals surface area contributed by atoms with Crippen LogP contribution in [0, 0.1) is 0 Å². The Morgan fingerprint density at radius 2 is 2.12 bits per heavy atom. The molecular weight excluding hydrogens is 236 g/mol. The molecule has 0 bridgehead atoms. The lowest BCUT2D eigenvalue weighted by Gasteiger charge is -2.05. The number of aromatic nitrogens is 1. The molecule has 0 aliphatic heterocycles. The predicted octanol–water partition coefficient (Wildman–Crippen LogP) is 3.19. The van der Waals surface area contributed by atoms with Crippen LogP contribution in [0.2, 0.25) is 0 Å². The van der Waals surface area contributed by atoms with Crippen LogP contribution in [-0.4, -0.2) is 23.5 Å². The van der Waals surface area contributed by atoms with Crippen molar-refractivity contribution < 1.29 is 0 Å². The third-order valence-electron chi connectivity index (χ3n) is 2.19. The predicted molar refractivity (Wildman–Crippen MR) is 74.0 cm³/mol. The second-order valence-electron chi connectivity index (χ2n) is 3.32. The zero-order valence-corrected chi connectivity index (χ0v) is 10.8. The molecule has 0 radical (unpaired) electrons. The quantitative estimate of drug-likeness (QED) is 0.651. The van der Waals surface area contributed by atoms with Crippen LogP contribution in [0.25, 0.3) is 10.9 Å². The van der Waals surface area contributed by atoms with E-state index < -0.39 is 0 Å². The summed E-state index contributed by atoms with van der Waals surface area (Å²) < 4.78 is 3.35. The number of hydrogen-bond donors (Lipinski definition) is 1. The Balaban J connectivity index is 2.11. The van der Waals surface area contributed by atoms with Gasteiger partial charge in [0.15, 0.2) is 0 Å².